The number of fused-ring (bicyclic) bond motifs is 1. The Balaban J connectivity index is 1.40. The van der Waals surface area contributed by atoms with Crippen LogP contribution in [0.15, 0.2) is 91.0 Å². The second kappa shape index (κ2) is 16.3. The maximum atomic E-state index is 7.08. The fourth-order valence-electron chi connectivity index (χ4n) is 5.76. The number of ether oxygens (including phenoxy) is 4. The molecule has 0 amide bonds. The molecule has 0 aliphatic carbocycles. The van der Waals surface area contributed by atoms with Gasteiger partial charge < -0.3 is 0 Å². The van der Waals surface area contributed by atoms with E-state index in [1.807, 2.05) is 54.6 Å². The molecule has 0 radical (unpaired) electrons. The van der Waals surface area contributed by atoms with Gasteiger partial charge in [0.2, 0.25) is 0 Å². The first-order chi connectivity index (χ1) is 20.7. The summed E-state index contributed by atoms with van der Waals surface area (Å²) in [5, 5.41) is 0. The number of unbranched alkanes of at least 4 members (excludes halogenated alkanes) is 2. The van der Waals surface area contributed by atoms with Gasteiger partial charge in [-0.1, -0.05) is 0 Å². The molecule has 0 spiro atoms. The van der Waals surface area contributed by atoms with Gasteiger partial charge in [-0.15, -0.1) is 0 Å². The van der Waals surface area contributed by atoms with Gasteiger partial charge in [0.15, 0.2) is 0 Å². The molecule has 0 unspecified atom stereocenters. The van der Waals surface area contributed by atoms with Crippen molar-refractivity contribution in [3.8, 4) is 0 Å². The quantitative estimate of drug-likeness (QED) is 0.146. The Kier molecular flexibility index (Phi) is 12.3. The molecular weight excluding hydrogens is 635 g/mol. The number of hydrogen-bond donors (Lipinski definition) is 0. The first-order valence-electron chi connectivity index (χ1n) is 15.6. The first-order valence-corrected chi connectivity index (χ1v) is 22.0. The molecular formula is C35H46O6Sn. The Labute approximate surface area is 256 Å². The topological polar surface area (TPSA) is 55.4 Å². The standard InChI is InChI=1S/C27H28O6.2C4H9.Sn/c28-24-26(32-18-22-14-8-3-9-15-22)25(31-17-21-12-6-2-7-13-21)23(33-27(24)29)19-30-16-20-10-4-1-5-11-20;2*1-3-4-2;/h1-15,23-27H,16-19H2;2*1,3-4H2,2H3;/q-2;;;+2/t23-,24+,25-,26-,27-;;;/m1.../s1. The molecule has 2 fully saturated rings. The first kappa shape index (κ1) is 31.6. The van der Waals surface area contributed by atoms with Crippen LogP contribution >= 0.6 is 0 Å². The molecule has 2 saturated heterocycles. The fourth-order valence-corrected chi connectivity index (χ4v) is 16.9. The Morgan fingerprint density at radius 3 is 1.64 bits per heavy atom. The summed E-state index contributed by atoms with van der Waals surface area (Å²) in [4.78, 5) is 0. The average Bonchev–Trinajstić information content (AvgIpc) is 3.40. The summed E-state index contributed by atoms with van der Waals surface area (Å²) >= 11 is -3.41. The predicted octanol–water partition coefficient (Wildman–Crippen LogP) is 7.56. The third kappa shape index (κ3) is 8.65. The maximum absolute atomic E-state index is 7.08. The van der Waals surface area contributed by atoms with E-state index in [0.717, 1.165) is 51.2 Å². The third-order valence-corrected chi connectivity index (χ3v) is 18.3. The second-order valence-corrected chi connectivity index (χ2v) is 20.8. The van der Waals surface area contributed by atoms with E-state index in [1.165, 1.54) is 0 Å². The van der Waals surface area contributed by atoms with Crippen molar-refractivity contribution in [3.63, 3.8) is 0 Å². The van der Waals surface area contributed by atoms with Crippen LogP contribution in [0.3, 0.4) is 0 Å². The second-order valence-electron chi connectivity index (χ2n) is 11.4. The summed E-state index contributed by atoms with van der Waals surface area (Å²) in [5.74, 6) is 0. The number of rotatable bonds is 16. The van der Waals surface area contributed by atoms with Gasteiger partial charge >= 0.3 is 258 Å². The molecule has 2 aliphatic rings. The van der Waals surface area contributed by atoms with E-state index in [0.29, 0.717) is 26.4 Å². The van der Waals surface area contributed by atoms with E-state index in [-0.39, 0.29) is 24.4 Å². The zero-order valence-corrected chi connectivity index (χ0v) is 27.9. The number of benzene rings is 3. The summed E-state index contributed by atoms with van der Waals surface area (Å²) in [6.45, 7) is 6.26. The van der Waals surface area contributed by atoms with Crippen LogP contribution in [0.25, 0.3) is 0 Å². The molecule has 5 rings (SSSR count). The van der Waals surface area contributed by atoms with Gasteiger partial charge in [-0.25, -0.2) is 0 Å². The van der Waals surface area contributed by atoms with Crippen molar-refractivity contribution in [3.05, 3.63) is 108 Å². The Morgan fingerprint density at radius 1 is 0.619 bits per heavy atom. The van der Waals surface area contributed by atoms with Crippen LogP contribution in [0.2, 0.25) is 8.87 Å². The van der Waals surface area contributed by atoms with Crippen molar-refractivity contribution in [2.24, 2.45) is 0 Å². The summed E-state index contributed by atoms with van der Waals surface area (Å²) in [6, 6.07) is 30.8. The van der Waals surface area contributed by atoms with Gasteiger partial charge in [0.05, 0.1) is 0 Å². The summed E-state index contributed by atoms with van der Waals surface area (Å²) in [6.07, 6.45) is 2.62. The fraction of sp³-hybridized carbons (Fsp3) is 0.486. The van der Waals surface area contributed by atoms with Crippen LogP contribution in [-0.2, 0) is 44.9 Å². The van der Waals surface area contributed by atoms with Gasteiger partial charge in [-0.3, -0.25) is 0 Å². The van der Waals surface area contributed by atoms with Gasteiger partial charge in [-0.05, 0) is 0 Å². The molecule has 42 heavy (non-hydrogen) atoms. The van der Waals surface area contributed by atoms with Crippen LogP contribution in [0, 0.1) is 0 Å². The van der Waals surface area contributed by atoms with Gasteiger partial charge in [0.1, 0.15) is 0 Å². The molecule has 3 aromatic rings. The van der Waals surface area contributed by atoms with E-state index in [1.54, 1.807) is 0 Å². The van der Waals surface area contributed by atoms with E-state index in [2.05, 4.69) is 50.2 Å². The Bertz CT molecular complexity index is 1160. The van der Waals surface area contributed by atoms with Crippen LogP contribution < -0.4 is 0 Å². The van der Waals surface area contributed by atoms with Crippen molar-refractivity contribution in [1.29, 1.82) is 0 Å². The Morgan fingerprint density at radius 2 is 1.12 bits per heavy atom. The zero-order valence-electron chi connectivity index (χ0n) is 25.1. The molecule has 3 aromatic carbocycles. The van der Waals surface area contributed by atoms with Crippen molar-refractivity contribution in [2.45, 2.75) is 98.9 Å². The van der Waals surface area contributed by atoms with Gasteiger partial charge in [-0.2, -0.15) is 0 Å². The zero-order chi connectivity index (χ0) is 29.0. The molecule has 0 saturated carbocycles. The van der Waals surface area contributed by atoms with Crippen molar-refractivity contribution in [1.82, 2.24) is 0 Å². The molecule has 0 N–H and O–H groups in total. The number of hydrogen-bond acceptors (Lipinski definition) is 6. The third-order valence-electron chi connectivity index (χ3n) is 8.06. The minimum atomic E-state index is -3.41. The minimum absolute atomic E-state index is 0.315. The molecule has 6 nitrogen and oxygen atoms in total. The van der Waals surface area contributed by atoms with Crippen molar-refractivity contribution in [2.75, 3.05) is 6.61 Å². The molecule has 0 bridgehead atoms. The van der Waals surface area contributed by atoms with E-state index in [9.17, 15) is 0 Å². The van der Waals surface area contributed by atoms with Crippen LogP contribution in [0.4, 0.5) is 0 Å². The molecule has 226 valence electrons. The molecule has 5 atom stereocenters. The predicted molar refractivity (Wildman–Crippen MR) is 166 cm³/mol. The monoisotopic (exact) mass is 682 g/mol. The van der Waals surface area contributed by atoms with E-state index >= 15 is 0 Å². The van der Waals surface area contributed by atoms with E-state index < -0.39 is 25.5 Å². The van der Waals surface area contributed by atoms with Gasteiger partial charge in [0.25, 0.3) is 0 Å². The van der Waals surface area contributed by atoms with Crippen molar-refractivity contribution < 1.29 is 25.1 Å². The summed E-state index contributed by atoms with van der Waals surface area (Å²) in [7, 11) is 0. The summed E-state index contributed by atoms with van der Waals surface area (Å²) in [5.41, 5.74) is 3.35. The van der Waals surface area contributed by atoms with Gasteiger partial charge in [0, 0.05) is 0 Å². The Hall–Kier alpha value is -1.78. The van der Waals surface area contributed by atoms with Crippen molar-refractivity contribution >= 4 is 19.2 Å². The average molecular weight is 681 g/mol. The molecule has 0 aromatic heterocycles. The SMILES string of the molecule is CCC[CH2][Sn]1([CH2]CCC)[O][C@@H]2O[C@H](COCc3ccccc3)[C@@H](OCc3ccccc3)[C@H](OCc3ccccc3)[C@@H]2[O]1. The van der Waals surface area contributed by atoms with Crippen LogP contribution in [-0.4, -0.2) is 56.5 Å². The summed E-state index contributed by atoms with van der Waals surface area (Å²) < 4.78 is 42.5. The molecule has 2 heterocycles. The van der Waals surface area contributed by atoms with Crippen LogP contribution in [0.5, 0.6) is 0 Å². The van der Waals surface area contributed by atoms with Crippen LogP contribution in [0.1, 0.15) is 56.2 Å². The molecule has 2 aliphatic heterocycles. The van der Waals surface area contributed by atoms with E-state index in [4.69, 9.17) is 25.1 Å². The normalized spacial score (nSPS) is 24.9. The molecule has 7 heteroatoms.